The number of hydrogen-bond donors (Lipinski definition) is 1. The van der Waals surface area contributed by atoms with Crippen molar-refractivity contribution < 1.29 is 19.4 Å². The fourth-order valence-electron chi connectivity index (χ4n) is 2.55. The van der Waals surface area contributed by atoms with Gasteiger partial charge >= 0.3 is 5.97 Å². The highest BCUT2D eigenvalue weighted by Crippen LogP contribution is 2.28. The maximum atomic E-state index is 12.1. The first-order valence-corrected chi connectivity index (χ1v) is 8.86. The van der Waals surface area contributed by atoms with E-state index in [-0.39, 0.29) is 11.4 Å². The van der Waals surface area contributed by atoms with Crippen LogP contribution in [0.3, 0.4) is 0 Å². The topological polar surface area (TPSA) is 68.7 Å². The largest absolute Gasteiger partial charge is 0.505 e. The zero-order valence-corrected chi connectivity index (χ0v) is 15.1. The Labute approximate surface area is 157 Å². The number of rotatable bonds is 7. The summed E-state index contributed by atoms with van der Waals surface area (Å²) in [5, 5.41) is 11.7. The molecule has 0 saturated heterocycles. The molecule has 3 aromatic rings. The fraction of sp³-hybridized carbons (Fsp3) is 0.182. The molecule has 0 amide bonds. The lowest BCUT2D eigenvalue weighted by Gasteiger charge is -2.08. The summed E-state index contributed by atoms with van der Waals surface area (Å²) < 4.78 is 10.7. The van der Waals surface area contributed by atoms with E-state index in [9.17, 15) is 9.90 Å². The molecule has 0 aliphatic rings. The number of unbranched alkanes of at least 4 members (excludes halogenated alkanes) is 1. The van der Waals surface area contributed by atoms with Gasteiger partial charge in [-0.15, -0.1) is 0 Å². The lowest BCUT2D eigenvalue weighted by atomic mass is 10.1. The van der Waals surface area contributed by atoms with E-state index in [4.69, 9.17) is 9.47 Å². The van der Waals surface area contributed by atoms with Crippen LogP contribution in [0, 0.1) is 0 Å². The molecule has 1 N–H and O–H groups in total. The van der Waals surface area contributed by atoms with E-state index < -0.39 is 5.97 Å². The molecule has 138 valence electrons. The summed E-state index contributed by atoms with van der Waals surface area (Å²) in [4.78, 5) is 16.1. The van der Waals surface area contributed by atoms with Gasteiger partial charge < -0.3 is 14.6 Å². The van der Waals surface area contributed by atoms with Crippen molar-refractivity contribution in [1.82, 2.24) is 4.98 Å². The van der Waals surface area contributed by atoms with Gasteiger partial charge in [0.15, 0.2) is 11.4 Å². The van der Waals surface area contributed by atoms with Crippen LogP contribution in [0.4, 0.5) is 0 Å². The Morgan fingerprint density at radius 3 is 2.78 bits per heavy atom. The predicted octanol–water partition coefficient (Wildman–Crippen LogP) is 4.95. The lowest BCUT2D eigenvalue weighted by Crippen LogP contribution is -2.08. The van der Waals surface area contributed by atoms with Crippen molar-refractivity contribution in [3.8, 4) is 11.5 Å². The van der Waals surface area contributed by atoms with Crippen LogP contribution in [0.1, 0.15) is 35.8 Å². The van der Waals surface area contributed by atoms with E-state index in [1.165, 1.54) is 0 Å². The highest BCUT2D eigenvalue weighted by molar-refractivity contribution is 5.99. The number of fused-ring (bicyclic) bond motifs is 1. The number of esters is 1. The van der Waals surface area contributed by atoms with Crippen molar-refractivity contribution in [2.45, 2.75) is 19.8 Å². The number of ether oxygens (including phenoxy) is 2. The average Bonchev–Trinajstić information content (AvgIpc) is 2.69. The van der Waals surface area contributed by atoms with Crippen molar-refractivity contribution in [2.75, 3.05) is 6.61 Å². The van der Waals surface area contributed by atoms with E-state index >= 15 is 0 Å². The molecule has 0 spiro atoms. The summed E-state index contributed by atoms with van der Waals surface area (Å²) in [6, 6.07) is 14.9. The molecule has 5 nitrogen and oxygen atoms in total. The third-order valence-electron chi connectivity index (χ3n) is 4.02. The maximum absolute atomic E-state index is 12.1. The molecule has 0 saturated carbocycles. The summed E-state index contributed by atoms with van der Waals surface area (Å²) in [6.07, 6.45) is 6.68. The first-order valence-electron chi connectivity index (χ1n) is 8.86. The van der Waals surface area contributed by atoms with Gasteiger partial charge in [-0.3, -0.25) is 0 Å². The fourth-order valence-corrected chi connectivity index (χ4v) is 2.55. The van der Waals surface area contributed by atoms with Crippen LogP contribution < -0.4 is 4.74 Å². The molecule has 0 aliphatic heterocycles. The number of aromatic nitrogens is 1. The van der Waals surface area contributed by atoms with Gasteiger partial charge in [-0.1, -0.05) is 37.6 Å². The molecule has 0 unspecified atom stereocenters. The third kappa shape index (κ3) is 4.64. The van der Waals surface area contributed by atoms with Gasteiger partial charge in [0, 0.05) is 17.0 Å². The van der Waals surface area contributed by atoms with E-state index in [1.807, 2.05) is 55.5 Å². The molecule has 0 bridgehead atoms. The first kappa shape index (κ1) is 18.5. The summed E-state index contributed by atoms with van der Waals surface area (Å²) >= 11 is 0. The molecule has 0 fully saturated rings. The summed E-state index contributed by atoms with van der Waals surface area (Å²) in [6.45, 7) is 2.33. The molecular weight excluding hydrogens is 342 g/mol. The number of pyridine rings is 1. The Bertz CT molecular complexity index is 951. The van der Waals surface area contributed by atoms with Gasteiger partial charge in [-0.25, -0.2) is 9.78 Å². The number of carbonyl (C=O) groups is 1. The standard InChI is InChI=1S/C22H21NO4/c1-2-3-12-27-22(25)20-21(24)19-10-9-16(14-17(19)15-23-20)11-13-26-18-7-5-4-6-8-18/h4-11,13-15,24H,2-3,12H2,1H3. The van der Waals surface area contributed by atoms with E-state index in [0.29, 0.717) is 12.0 Å². The quantitative estimate of drug-likeness (QED) is 0.365. The Kier molecular flexibility index (Phi) is 6.05. The third-order valence-corrected chi connectivity index (χ3v) is 4.02. The minimum absolute atomic E-state index is 0.0608. The molecule has 27 heavy (non-hydrogen) atoms. The van der Waals surface area contributed by atoms with E-state index in [1.54, 1.807) is 18.5 Å². The van der Waals surface area contributed by atoms with Gasteiger partial charge in [0.05, 0.1) is 12.9 Å². The molecule has 2 aromatic carbocycles. The number of hydrogen-bond acceptors (Lipinski definition) is 5. The average molecular weight is 363 g/mol. The zero-order chi connectivity index (χ0) is 19.1. The van der Waals surface area contributed by atoms with Crippen molar-refractivity contribution in [3.63, 3.8) is 0 Å². The van der Waals surface area contributed by atoms with E-state index in [0.717, 1.165) is 29.5 Å². The van der Waals surface area contributed by atoms with Crippen LogP contribution in [-0.2, 0) is 4.74 Å². The molecule has 5 heteroatoms. The number of nitrogens with zero attached hydrogens (tertiary/aromatic N) is 1. The second kappa shape index (κ2) is 8.85. The lowest BCUT2D eigenvalue weighted by molar-refractivity contribution is 0.0489. The SMILES string of the molecule is CCCCOC(=O)c1ncc2cc(C=COc3ccccc3)ccc2c1O. The van der Waals surface area contributed by atoms with Crippen LogP contribution in [0.5, 0.6) is 11.5 Å². The zero-order valence-electron chi connectivity index (χ0n) is 15.1. The van der Waals surface area contributed by atoms with Gasteiger partial charge in [0.2, 0.25) is 0 Å². The molecule has 0 aliphatic carbocycles. The van der Waals surface area contributed by atoms with Gasteiger partial charge in [-0.2, -0.15) is 0 Å². The van der Waals surface area contributed by atoms with E-state index in [2.05, 4.69) is 4.98 Å². The van der Waals surface area contributed by atoms with Crippen LogP contribution in [0.25, 0.3) is 16.8 Å². The molecule has 0 radical (unpaired) electrons. The number of carbonyl (C=O) groups excluding carboxylic acids is 1. The highest BCUT2D eigenvalue weighted by Gasteiger charge is 2.17. The van der Waals surface area contributed by atoms with Crippen LogP contribution >= 0.6 is 0 Å². The maximum Gasteiger partial charge on any atom is 0.360 e. The number of aromatic hydroxyl groups is 1. The Hall–Kier alpha value is -3.34. The monoisotopic (exact) mass is 363 g/mol. The molecule has 3 rings (SSSR count). The van der Waals surface area contributed by atoms with Gasteiger partial charge in [0.1, 0.15) is 5.75 Å². The molecular formula is C22H21NO4. The van der Waals surface area contributed by atoms with Crippen LogP contribution in [0.15, 0.2) is 61.0 Å². The molecule has 1 heterocycles. The summed E-state index contributed by atoms with van der Waals surface area (Å²) in [5.41, 5.74) is 0.826. The van der Waals surface area contributed by atoms with Crippen molar-refractivity contribution in [3.05, 3.63) is 72.2 Å². The van der Waals surface area contributed by atoms with Gasteiger partial charge in [-0.05, 0) is 42.3 Å². The van der Waals surface area contributed by atoms with Crippen molar-refractivity contribution in [2.24, 2.45) is 0 Å². The van der Waals surface area contributed by atoms with Crippen LogP contribution in [-0.4, -0.2) is 22.7 Å². The minimum Gasteiger partial charge on any atom is -0.505 e. The number of para-hydroxylation sites is 1. The van der Waals surface area contributed by atoms with Crippen molar-refractivity contribution >= 4 is 22.8 Å². The second-order valence-corrected chi connectivity index (χ2v) is 6.03. The molecule has 0 atom stereocenters. The van der Waals surface area contributed by atoms with Crippen LogP contribution in [0.2, 0.25) is 0 Å². The summed E-state index contributed by atoms with van der Waals surface area (Å²) in [5.74, 6) is -0.0202. The van der Waals surface area contributed by atoms with Crippen molar-refractivity contribution in [1.29, 1.82) is 0 Å². The highest BCUT2D eigenvalue weighted by atomic mass is 16.5. The normalized spacial score (nSPS) is 11.0. The molecule has 1 aromatic heterocycles. The van der Waals surface area contributed by atoms with Gasteiger partial charge in [0.25, 0.3) is 0 Å². The summed E-state index contributed by atoms with van der Waals surface area (Å²) in [7, 11) is 0. The Morgan fingerprint density at radius 1 is 1.19 bits per heavy atom. The second-order valence-electron chi connectivity index (χ2n) is 6.03. The minimum atomic E-state index is -0.608. The Balaban J connectivity index is 1.76. The number of benzene rings is 2. The Morgan fingerprint density at radius 2 is 2.00 bits per heavy atom. The smallest absolute Gasteiger partial charge is 0.360 e. The predicted molar refractivity (Wildman–Crippen MR) is 105 cm³/mol. The first-order chi connectivity index (χ1) is 13.2.